The van der Waals surface area contributed by atoms with Crippen LogP contribution in [0.1, 0.15) is 39.5 Å². The Morgan fingerprint density at radius 3 is 2.47 bits per heavy atom. The molecule has 0 radical (unpaired) electrons. The molecule has 0 atom stereocenters. The first-order valence-corrected chi connectivity index (χ1v) is 6.88. The van der Waals surface area contributed by atoms with Crippen LogP contribution in [-0.2, 0) is 9.53 Å². The Labute approximate surface area is 106 Å². The highest BCUT2D eigenvalue weighted by molar-refractivity contribution is 5.59. The molecule has 0 aromatic rings. The summed E-state index contributed by atoms with van der Waals surface area (Å²) in [5.41, 5.74) is -0.161. The molecule has 0 heterocycles. The van der Waals surface area contributed by atoms with Gasteiger partial charge in [-0.15, -0.1) is 0 Å². The van der Waals surface area contributed by atoms with Crippen LogP contribution >= 0.6 is 0 Å². The number of likely N-dealkylation sites (N-methyl/N-ethyl adjacent to an activating group) is 1. The van der Waals surface area contributed by atoms with Gasteiger partial charge in [0.1, 0.15) is 6.29 Å². The number of rotatable bonds is 10. The maximum absolute atomic E-state index is 11.2. The molecular weight excluding hydrogens is 214 g/mol. The fourth-order valence-corrected chi connectivity index (χ4v) is 2.05. The minimum absolute atomic E-state index is 0.161. The molecule has 0 spiro atoms. The minimum atomic E-state index is -0.161. The second kappa shape index (κ2) is 7.12. The third-order valence-electron chi connectivity index (χ3n) is 3.91. The highest BCUT2D eigenvalue weighted by Crippen LogP contribution is 2.28. The van der Waals surface area contributed by atoms with Gasteiger partial charge in [-0.2, -0.15) is 0 Å². The van der Waals surface area contributed by atoms with Crippen LogP contribution in [0.2, 0.25) is 0 Å². The molecule has 0 saturated heterocycles. The highest BCUT2D eigenvalue weighted by Gasteiger charge is 2.27. The lowest BCUT2D eigenvalue weighted by Crippen LogP contribution is -2.37. The molecule has 0 aliphatic heterocycles. The van der Waals surface area contributed by atoms with Gasteiger partial charge >= 0.3 is 0 Å². The topological polar surface area (TPSA) is 29.5 Å². The Morgan fingerprint density at radius 1 is 1.35 bits per heavy atom. The normalized spacial score (nSPS) is 16.5. The largest absolute Gasteiger partial charge is 0.380 e. The molecule has 0 amide bonds. The Balaban J connectivity index is 2.16. The second-order valence-electron chi connectivity index (χ2n) is 5.44. The molecule has 3 heteroatoms. The molecule has 100 valence electrons. The number of hydrogen-bond donors (Lipinski definition) is 0. The van der Waals surface area contributed by atoms with E-state index in [0.29, 0.717) is 0 Å². The Hall–Kier alpha value is -0.410. The first kappa shape index (κ1) is 14.7. The predicted molar refractivity (Wildman–Crippen MR) is 70.1 cm³/mol. The van der Waals surface area contributed by atoms with Gasteiger partial charge in [0.15, 0.2) is 0 Å². The fourth-order valence-electron chi connectivity index (χ4n) is 2.05. The van der Waals surface area contributed by atoms with Gasteiger partial charge in [0.05, 0.1) is 6.61 Å². The van der Waals surface area contributed by atoms with Gasteiger partial charge in [-0.25, -0.2) is 0 Å². The van der Waals surface area contributed by atoms with E-state index in [2.05, 4.69) is 25.8 Å². The van der Waals surface area contributed by atoms with Crippen LogP contribution in [0, 0.1) is 11.3 Å². The minimum Gasteiger partial charge on any atom is -0.380 e. The van der Waals surface area contributed by atoms with Crippen molar-refractivity contribution in [3.05, 3.63) is 0 Å². The predicted octanol–water partition coefficient (Wildman–Crippen LogP) is 2.35. The maximum atomic E-state index is 11.2. The summed E-state index contributed by atoms with van der Waals surface area (Å²) in [5.74, 6) is 0.834. The molecule has 1 aliphatic rings. The van der Waals surface area contributed by atoms with E-state index in [0.717, 1.165) is 51.3 Å². The number of hydrogen-bond acceptors (Lipinski definition) is 3. The first-order chi connectivity index (χ1) is 8.15. The first-order valence-electron chi connectivity index (χ1n) is 6.88. The van der Waals surface area contributed by atoms with E-state index < -0.39 is 0 Å². The lowest BCUT2D eigenvalue weighted by molar-refractivity contribution is -0.117. The summed E-state index contributed by atoms with van der Waals surface area (Å²) in [6, 6.07) is 0. The number of carbonyl (C=O) groups is 1. The third-order valence-corrected chi connectivity index (χ3v) is 3.91. The molecule has 3 nitrogen and oxygen atoms in total. The molecule has 17 heavy (non-hydrogen) atoms. The quantitative estimate of drug-likeness (QED) is 0.434. The average Bonchev–Trinajstić information content (AvgIpc) is 3.16. The van der Waals surface area contributed by atoms with E-state index >= 15 is 0 Å². The smallest absolute Gasteiger partial charge is 0.127 e. The van der Waals surface area contributed by atoms with Crippen molar-refractivity contribution in [3.63, 3.8) is 0 Å². The van der Waals surface area contributed by atoms with Crippen molar-refractivity contribution < 1.29 is 9.53 Å². The van der Waals surface area contributed by atoms with E-state index in [1.54, 1.807) is 0 Å². The van der Waals surface area contributed by atoms with E-state index in [1.165, 1.54) is 12.8 Å². The van der Waals surface area contributed by atoms with Crippen molar-refractivity contribution >= 4 is 6.29 Å². The molecule has 1 fully saturated rings. The molecule has 0 N–H and O–H groups in total. The van der Waals surface area contributed by atoms with Crippen molar-refractivity contribution in [2.24, 2.45) is 11.3 Å². The third kappa shape index (κ3) is 5.17. The fraction of sp³-hybridized carbons (Fsp3) is 0.929. The second-order valence-corrected chi connectivity index (χ2v) is 5.44. The van der Waals surface area contributed by atoms with Gasteiger partial charge in [0, 0.05) is 25.1 Å². The van der Waals surface area contributed by atoms with E-state index in [-0.39, 0.29) is 5.41 Å². The van der Waals surface area contributed by atoms with Gasteiger partial charge in [0.2, 0.25) is 0 Å². The van der Waals surface area contributed by atoms with Crippen LogP contribution in [-0.4, -0.2) is 44.5 Å². The summed E-state index contributed by atoms with van der Waals surface area (Å²) in [5, 5.41) is 0. The molecular formula is C14H27NO2. The van der Waals surface area contributed by atoms with Gasteiger partial charge in [-0.1, -0.05) is 13.8 Å². The monoisotopic (exact) mass is 241 g/mol. The standard InChI is InChI=1S/C14H27NO2/c1-4-14(5-2,12-16)11-15(3)8-9-17-10-13-6-7-13/h12-13H,4-11H2,1-3H3. The van der Waals surface area contributed by atoms with Crippen molar-refractivity contribution in [2.45, 2.75) is 39.5 Å². The summed E-state index contributed by atoms with van der Waals surface area (Å²) < 4.78 is 5.61. The van der Waals surface area contributed by atoms with Gasteiger partial charge in [0.25, 0.3) is 0 Å². The zero-order chi connectivity index (χ0) is 12.7. The van der Waals surface area contributed by atoms with Crippen LogP contribution in [0.15, 0.2) is 0 Å². The number of ether oxygens (including phenoxy) is 1. The highest BCUT2D eigenvalue weighted by atomic mass is 16.5. The SMILES string of the molecule is CCC(C=O)(CC)CN(C)CCOCC1CC1. The van der Waals surface area contributed by atoms with E-state index in [1.807, 2.05) is 0 Å². The molecule has 0 aromatic heterocycles. The van der Waals surface area contributed by atoms with E-state index in [4.69, 9.17) is 4.74 Å². The molecule has 0 aromatic carbocycles. The van der Waals surface area contributed by atoms with Crippen LogP contribution in [0.3, 0.4) is 0 Å². The Kier molecular flexibility index (Phi) is 6.14. The van der Waals surface area contributed by atoms with E-state index in [9.17, 15) is 4.79 Å². The van der Waals surface area contributed by atoms with Crippen molar-refractivity contribution in [3.8, 4) is 0 Å². The number of aldehydes is 1. The molecule has 1 saturated carbocycles. The van der Waals surface area contributed by atoms with Crippen molar-refractivity contribution in [2.75, 3.05) is 33.4 Å². The van der Waals surface area contributed by atoms with Crippen molar-refractivity contribution in [1.29, 1.82) is 0 Å². The summed E-state index contributed by atoms with van der Waals surface area (Å²) in [4.78, 5) is 13.4. The summed E-state index contributed by atoms with van der Waals surface area (Å²) >= 11 is 0. The molecule has 0 unspecified atom stereocenters. The number of carbonyl (C=O) groups excluding carboxylic acids is 1. The summed E-state index contributed by atoms with van der Waals surface area (Å²) in [7, 11) is 2.07. The van der Waals surface area contributed by atoms with Crippen molar-refractivity contribution in [1.82, 2.24) is 4.90 Å². The zero-order valence-corrected chi connectivity index (χ0v) is 11.6. The van der Waals surface area contributed by atoms with Gasteiger partial charge < -0.3 is 14.4 Å². The Bertz CT molecular complexity index is 222. The molecule has 0 bridgehead atoms. The van der Waals surface area contributed by atoms with Gasteiger partial charge in [-0.05, 0) is 38.6 Å². The van der Waals surface area contributed by atoms with Crippen LogP contribution < -0.4 is 0 Å². The van der Waals surface area contributed by atoms with Crippen LogP contribution in [0.4, 0.5) is 0 Å². The van der Waals surface area contributed by atoms with Crippen LogP contribution in [0.25, 0.3) is 0 Å². The summed E-state index contributed by atoms with van der Waals surface area (Å²) in [6.07, 6.45) is 5.65. The average molecular weight is 241 g/mol. The zero-order valence-electron chi connectivity index (χ0n) is 11.6. The van der Waals surface area contributed by atoms with Crippen LogP contribution in [0.5, 0.6) is 0 Å². The molecule has 1 rings (SSSR count). The Morgan fingerprint density at radius 2 is 2.00 bits per heavy atom. The van der Waals surface area contributed by atoms with Gasteiger partial charge in [-0.3, -0.25) is 0 Å². The summed E-state index contributed by atoms with van der Waals surface area (Å²) in [6.45, 7) is 7.66. The lowest BCUT2D eigenvalue weighted by Gasteiger charge is -2.30. The molecule has 1 aliphatic carbocycles. The maximum Gasteiger partial charge on any atom is 0.127 e. The lowest BCUT2D eigenvalue weighted by atomic mass is 9.83. The number of nitrogens with zero attached hydrogens (tertiary/aromatic N) is 1.